The molecule has 2 heteroatoms. The van der Waals surface area contributed by atoms with E-state index in [2.05, 4.69) is 26.1 Å². The van der Waals surface area contributed by atoms with Gasteiger partial charge in [0.15, 0.2) is 0 Å². The average Bonchev–Trinajstić information content (AvgIpc) is 2.88. The van der Waals surface area contributed by atoms with Crippen molar-refractivity contribution in [2.24, 2.45) is 5.92 Å². The van der Waals surface area contributed by atoms with Gasteiger partial charge in [-0.2, -0.15) is 0 Å². The van der Waals surface area contributed by atoms with Crippen LogP contribution in [-0.4, -0.2) is 25.3 Å². The van der Waals surface area contributed by atoms with Gasteiger partial charge in [-0.25, -0.2) is 0 Å². The van der Waals surface area contributed by atoms with E-state index in [4.69, 9.17) is 4.74 Å². The third-order valence-electron chi connectivity index (χ3n) is 2.83. The molecule has 2 unspecified atom stereocenters. The monoisotopic (exact) mass is 185 g/mol. The van der Waals surface area contributed by atoms with E-state index in [0.717, 1.165) is 19.1 Å². The zero-order valence-corrected chi connectivity index (χ0v) is 9.18. The predicted octanol–water partition coefficient (Wildman–Crippen LogP) is 2.19. The van der Waals surface area contributed by atoms with E-state index in [1.54, 1.807) is 0 Å². The molecular formula is C11H23NO. The van der Waals surface area contributed by atoms with Crippen molar-refractivity contribution in [3.05, 3.63) is 0 Å². The van der Waals surface area contributed by atoms with E-state index >= 15 is 0 Å². The van der Waals surface area contributed by atoms with Crippen LogP contribution in [0.4, 0.5) is 0 Å². The van der Waals surface area contributed by atoms with Crippen LogP contribution >= 0.6 is 0 Å². The zero-order valence-electron chi connectivity index (χ0n) is 9.18. The maximum absolute atomic E-state index is 5.74. The van der Waals surface area contributed by atoms with Crippen molar-refractivity contribution >= 4 is 0 Å². The highest BCUT2D eigenvalue weighted by Crippen LogP contribution is 2.32. The SMILES string of the molecule is CCNC(C)C(C)OCCC1CC1. The van der Waals surface area contributed by atoms with Gasteiger partial charge < -0.3 is 10.1 Å². The van der Waals surface area contributed by atoms with Crippen LogP contribution in [0.15, 0.2) is 0 Å². The van der Waals surface area contributed by atoms with Crippen molar-refractivity contribution < 1.29 is 4.74 Å². The summed E-state index contributed by atoms with van der Waals surface area (Å²) in [5, 5.41) is 3.37. The molecule has 2 nitrogen and oxygen atoms in total. The van der Waals surface area contributed by atoms with Gasteiger partial charge in [0.2, 0.25) is 0 Å². The summed E-state index contributed by atoms with van der Waals surface area (Å²) in [6.07, 6.45) is 4.48. The van der Waals surface area contributed by atoms with Gasteiger partial charge in [-0.1, -0.05) is 19.8 Å². The van der Waals surface area contributed by atoms with Gasteiger partial charge in [-0.15, -0.1) is 0 Å². The molecule has 0 aromatic carbocycles. The third-order valence-corrected chi connectivity index (χ3v) is 2.83. The van der Waals surface area contributed by atoms with Crippen molar-refractivity contribution in [3.63, 3.8) is 0 Å². The Balaban J connectivity index is 1.97. The molecule has 78 valence electrons. The lowest BCUT2D eigenvalue weighted by Crippen LogP contribution is -2.37. The van der Waals surface area contributed by atoms with Gasteiger partial charge in [-0.05, 0) is 32.7 Å². The summed E-state index contributed by atoms with van der Waals surface area (Å²) >= 11 is 0. The first kappa shape index (κ1) is 11.0. The number of rotatable bonds is 7. The number of likely N-dealkylation sites (N-methyl/N-ethyl adjacent to an activating group) is 1. The predicted molar refractivity (Wildman–Crippen MR) is 55.9 cm³/mol. The van der Waals surface area contributed by atoms with E-state index in [1.807, 2.05) is 0 Å². The zero-order chi connectivity index (χ0) is 9.68. The molecule has 0 radical (unpaired) electrons. The minimum absolute atomic E-state index is 0.346. The van der Waals surface area contributed by atoms with E-state index in [0.29, 0.717) is 12.1 Å². The highest BCUT2D eigenvalue weighted by molar-refractivity contribution is 4.73. The molecule has 1 N–H and O–H groups in total. The Morgan fingerprint density at radius 1 is 1.38 bits per heavy atom. The quantitative estimate of drug-likeness (QED) is 0.656. The third kappa shape index (κ3) is 4.63. The second-order valence-corrected chi connectivity index (χ2v) is 4.15. The maximum atomic E-state index is 5.74. The molecule has 1 fully saturated rings. The lowest BCUT2D eigenvalue weighted by atomic mass is 10.2. The van der Waals surface area contributed by atoms with E-state index in [9.17, 15) is 0 Å². The molecule has 13 heavy (non-hydrogen) atoms. The van der Waals surface area contributed by atoms with Crippen LogP contribution in [0.3, 0.4) is 0 Å². The molecule has 0 bridgehead atoms. The fourth-order valence-electron chi connectivity index (χ4n) is 1.46. The average molecular weight is 185 g/mol. The van der Waals surface area contributed by atoms with E-state index in [-0.39, 0.29) is 0 Å². The van der Waals surface area contributed by atoms with Crippen molar-refractivity contribution in [1.82, 2.24) is 5.32 Å². The molecule has 0 spiro atoms. The van der Waals surface area contributed by atoms with Crippen LogP contribution in [0.5, 0.6) is 0 Å². The van der Waals surface area contributed by atoms with Gasteiger partial charge in [0.1, 0.15) is 0 Å². The molecule has 1 aliphatic rings. The van der Waals surface area contributed by atoms with Crippen molar-refractivity contribution in [1.29, 1.82) is 0 Å². The maximum Gasteiger partial charge on any atom is 0.0697 e. The first-order valence-corrected chi connectivity index (χ1v) is 5.59. The topological polar surface area (TPSA) is 21.3 Å². The van der Waals surface area contributed by atoms with Gasteiger partial charge in [0.25, 0.3) is 0 Å². The van der Waals surface area contributed by atoms with Gasteiger partial charge in [0.05, 0.1) is 6.10 Å². The van der Waals surface area contributed by atoms with E-state index in [1.165, 1.54) is 19.3 Å². The molecule has 0 aliphatic heterocycles. The molecular weight excluding hydrogens is 162 g/mol. The highest BCUT2D eigenvalue weighted by atomic mass is 16.5. The van der Waals surface area contributed by atoms with Crippen molar-refractivity contribution in [2.45, 2.75) is 52.2 Å². The van der Waals surface area contributed by atoms with Gasteiger partial charge in [0, 0.05) is 12.6 Å². The van der Waals surface area contributed by atoms with E-state index < -0.39 is 0 Å². The Morgan fingerprint density at radius 2 is 2.08 bits per heavy atom. The molecule has 1 saturated carbocycles. The van der Waals surface area contributed by atoms with Crippen LogP contribution in [0.2, 0.25) is 0 Å². The summed E-state index contributed by atoms with van der Waals surface area (Å²) < 4.78 is 5.74. The standard InChI is InChI=1S/C11H23NO/c1-4-12-9(2)10(3)13-8-7-11-5-6-11/h9-12H,4-8H2,1-3H3. The number of ether oxygens (including phenoxy) is 1. The second kappa shape index (κ2) is 5.61. The Hall–Kier alpha value is -0.0800. The summed E-state index contributed by atoms with van der Waals surface area (Å²) in [7, 11) is 0. The number of hydrogen-bond donors (Lipinski definition) is 1. The lowest BCUT2D eigenvalue weighted by Gasteiger charge is -2.21. The molecule has 0 amide bonds. The Kier molecular flexibility index (Phi) is 4.74. The minimum Gasteiger partial charge on any atom is -0.377 e. The summed E-state index contributed by atoms with van der Waals surface area (Å²) in [6, 6.07) is 0.476. The van der Waals surface area contributed by atoms with Crippen molar-refractivity contribution in [2.75, 3.05) is 13.2 Å². The number of nitrogens with one attached hydrogen (secondary N) is 1. The Bertz CT molecular complexity index is 134. The minimum atomic E-state index is 0.346. The van der Waals surface area contributed by atoms with Crippen LogP contribution in [0.1, 0.15) is 40.0 Å². The fourth-order valence-corrected chi connectivity index (χ4v) is 1.46. The first-order chi connectivity index (χ1) is 6.24. The molecule has 0 aromatic rings. The Labute approximate surface area is 82.0 Å². The van der Waals surface area contributed by atoms with Crippen LogP contribution in [0.25, 0.3) is 0 Å². The Morgan fingerprint density at radius 3 is 2.62 bits per heavy atom. The molecule has 0 saturated heterocycles. The van der Waals surface area contributed by atoms with Crippen LogP contribution in [0, 0.1) is 5.92 Å². The second-order valence-electron chi connectivity index (χ2n) is 4.15. The summed E-state index contributed by atoms with van der Waals surface area (Å²) in [5.41, 5.74) is 0. The normalized spacial score (nSPS) is 21.5. The lowest BCUT2D eigenvalue weighted by molar-refractivity contribution is 0.0402. The molecule has 1 aliphatic carbocycles. The molecule has 2 atom stereocenters. The van der Waals surface area contributed by atoms with Gasteiger partial charge >= 0.3 is 0 Å². The van der Waals surface area contributed by atoms with Crippen LogP contribution in [-0.2, 0) is 4.74 Å². The summed E-state index contributed by atoms with van der Waals surface area (Å²) in [4.78, 5) is 0. The largest absolute Gasteiger partial charge is 0.377 e. The van der Waals surface area contributed by atoms with Crippen LogP contribution < -0.4 is 5.32 Å². The summed E-state index contributed by atoms with van der Waals surface area (Å²) in [6.45, 7) is 8.44. The molecule has 0 heterocycles. The summed E-state index contributed by atoms with van der Waals surface area (Å²) in [5.74, 6) is 0.988. The van der Waals surface area contributed by atoms with Crippen molar-refractivity contribution in [3.8, 4) is 0 Å². The number of hydrogen-bond acceptors (Lipinski definition) is 2. The highest BCUT2D eigenvalue weighted by Gasteiger charge is 2.21. The first-order valence-electron chi connectivity index (χ1n) is 5.59. The molecule has 0 aromatic heterocycles. The van der Waals surface area contributed by atoms with Gasteiger partial charge in [-0.3, -0.25) is 0 Å². The smallest absolute Gasteiger partial charge is 0.0697 e. The fraction of sp³-hybridized carbons (Fsp3) is 1.00. The molecule has 1 rings (SSSR count).